The maximum atomic E-state index is 11.9. The summed E-state index contributed by atoms with van der Waals surface area (Å²) in [5, 5.41) is 0. The van der Waals surface area contributed by atoms with Crippen molar-refractivity contribution >= 4 is 10.5 Å². The van der Waals surface area contributed by atoms with Crippen LogP contribution in [0.4, 0.5) is 19.4 Å². The average Bonchev–Trinajstić information content (AvgIpc) is 2.52. The Hall–Kier alpha value is -0.820. The van der Waals surface area contributed by atoms with Gasteiger partial charge in [0.05, 0.1) is 6.61 Å². The van der Waals surface area contributed by atoms with E-state index in [4.69, 9.17) is 0 Å². The van der Waals surface area contributed by atoms with Gasteiger partial charge >= 0.3 is 10.5 Å². The van der Waals surface area contributed by atoms with Crippen molar-refractivity contribution in [1.82, 2.24) is 0 Å². The minimum atomic E-state index is -9.76. The zero-order valence-corrected chi connectivity index (χ0v) is 17.1. The van der Waals surface area contributed by atoms with Gasteiger partial charge in [-0.15, -0.1) is 0 Å². The molecule has 0 aromatic heterocycles. The summed E-state index contributed by atoms with van der Waals surface area (Å²) in [7, 11) is -9.76. The van der Waals surface area contributed by atoms with Crippen molar-refractivity contribution in [1.29, 1.82) is 0 Å². The van der Waals surface area contributed by atoms with E-state index in [2.05, 4.69) is 18.0 Å². The molecular formula is C19H33F5OS. The van der Waals surface area contributed by atoms with Crippen molar-refractivity contribution in [3.8, 4) is 0 Å². The normalized spacial score (nSPS) is 15.4. The number of aryl methyl sites for hydroxylation is 1. The maximum Gasteiger partial charge on any atom is 0.397 e. The van der Waals surface area contributed by atoms with Gasteiger partial charge in [0.15, 0.2) is 0 Å². The van der Waals surface area contributed by atoms with Crippen molar-refractivity contribution in [2.75, 3.05) is 6.61 Å². The van der Waals surface area contributed by atoms with E-state index in [0.717, 1.165) is 5.56 Å². The van der Waals surface area contributed by atoms with Crippen LogP contribution >= 0.6 is 10.5 Å². The minimum Gasteiger partial charge on any atom is -0.239 e. The molecule has 1 aromatic carbocycles. The van der Waals surface area contributed by atoms with Crippen LogP contribution in [0.15, 0.2) is 24.3 Å². The lowest BCUT2D eigenvalue weighted by molar-refractivity contribution is 0.147. The van der Waals surface area contributed by atoms with Crippen molar-refractivity contribution in [2.45, 2.75) is 78.6 Å². The minimum absolute atomic E-state index is 0.525. The van der Waals surface area contributed by atoms with Crippen molar-refractivity contribution in [3.63, 3.8) is 0 Å². The van der Waals surface area contributed by atoms with E-state index in [9.17, 15) is 19.4 Å². The first-order chi connectivity index (χ1) is 11.8. The molecule has 1 atom stereocenters. The summed E-state index contributed by atoms with van der Waals surface area (Å²) < 4.78 is 62.6. The summed E-state index contributed by atoms with van der Waals surface area (Å²) in [6, 6.07) is 6.58. The van der Waals surface area contributed by atoms with E-state index in [1.54, 1.807) is 24.3 Å². The fourth-order valence-electron chi connectivity index (χ4n) is 2.25. The zero-order valence-electron chi connectivity index (χ0n) is 16.2. The Morgan fingerprint density at radius 2 is 1.23 bits per heavy atom. The van der Waals surface area contributed by atoms with Crippen LogP contribution in [0.1, 0.15) is 82.8 Å². The second-order valence-corrected chi connectivity index (χ2v) is 8.79. The van der Waals surface area contributed by atoms with Crippen molar-refractivity contribution < 1.29 is 23.6 Å². The average molecular weight is 405 g/mol. The third-order valence-electron chi connectivity index (χ3n) is 3.89. The molecule has 0 aliphatic heterocycles. The van der Waals surface area contributed by atoms with Crippen LogP contribution in [-0.2, 0) is 4.18 Å². The lowest BCUT2D eigenvalue weighted by atomic mass is 10.0. The number of benzene rings is 1. The molecule has 0 spiro atoms. The van der Waals surface area contributed by atoms with Crippen LogP contribution in [0.25, 0.3) is 0 Å². The molecule has 1 rings (SSSR count). The molecule has 0 radical (unpaired) electrons. The fourth-order valence-corrected chi connectivity index (χ4v) is 2.71. The Kier molecular flexibility index (Phi) is 9.61. The Morgan fingerprint density at radius 3 is 1.62 bits per heavy atom. The van der Waals surface area contributed by atoms with Crippen LogP contribution in [-0.4, -0.2) is 6.61 Å². The van der Waals surface area contributed by atoms with E-state index in [1.807, 2.05) is 6.92 Å². The monoisotopic (exact) mass is 404 g/mol. The first-order valence-electron chi connectivity index (χ1n) is 9.24. The highest BCUT2D eigenvalue weighted by molar-refractivity contribution is 8.42. The van der Waals surface area contributed by atoms with Gasteiger partial charge in [-0.25, -0.2) is 4.18 Å². The molecule has 0 saturated carbocycles. The summed E-state index contributed by atoms with van der Waals surface area (Å²) in [6.07, 6.45) is 9.97. The second kappa shape index (κ2) is 9.93. The molecule has 0 heterocycles. The SMILES string of the molecule is CCCCCCCCC.Cc1ccc(C(C)COS(F)(F)(F)(F)F)cc1. The van der Waals surface area contributed by atoms with Gasteiger partial charge < -0.3 is 0 Å². The van der Waals surface area contributed by atoms with Gasteiger partial charge in [-0.2, -0.15) is 0 Å². The van der Waals surface area contributed by atoms with Gasteiger partial charge in [0, 0.05) is 5.92 Å². The van der Waals surface area contributed by atoms with Crippen LogP contribution < -0.4 is 0 Å². The summed E-state index contributed by atoms with van der Waals surface area (Å²) in [5.41, 5.74) is 1.46. The number of unbranched alkanes of at least 4 members (excludes halogenated alkanes) is 6. The highest BCUT2D eigenvalue weighted by Gasteiger charge is 2.65. The maximum absolute atomic E-state index is 11.9. The molecule has 0 aliphatic rings. The summed E-state index contributed by atoms with van der Waals surface area (Å²) in [6.45, 7) is 6.66. The predicted octanol–water partition coefficient (Wildman–Crippen LogP) is 9.09. The smallest absolute Gasteiger partial charge is 0.239 e. The van der Waals surface area contributed by atoms with Crippen molar-refractivity contribution in [2.24, 2.45) is 0 Å². The molecule has 0 fully saturated rings. The Balaban J connectivity index is 0.000000590. The Bertz CT molecular complexity index is 492. The standard InChI is InChI=1S/C10H13F5OS.C9H20/c1-8-3-5-10(6-4-8)9(2)7-16-17(11,12,13,14)15;1-3-5-7-9-8-6-4-2/h3-6,9H,7H2,1-2H3;3-9H2,1-2H3. The summed E-state index contributed by atoms with van der Waals surface area (Å²) >= 11 is 0. The van der Waals surface area contributed by atoms with E-state index < -0.39 is 23.0 Å². The van der Waals surface area contributed by atoms with Gasteiger partial charge in [0.2, 0.25) is 0 Å². The number of halogens is 5. The van der Waals surface area contributed by atoms with E-state index in [0.29, 0.717) is 5.56 Å². The van der Waals surface area contributed by atoms with Crippen molar-refractivity contribution in [3.05, 3.63) is 35.4 Å². The molecule has 0 amide bonds. The Labute approximate surface area is 155 Å². The van der Waals surface area contributed by atoms with Gasteiger partial charge in [0.1, 0.15) is 0 Å². The lowest BCUT2D eigenvalue weighted by Gasteiger charge is -2.39. The molecule has 26 heavy (non-hydrogen) atoms. The van der Waals surface area contributed by atoms with Gasteiger partial charge in [-0.3, -0.25) is 0 Å². The molecule has 156 valence electrons. The zero-order chi connectivity index (χ0) is 20.3. The molecule has 1 aromatic rings. The number of rotatable bonds is 10. The Morgan fingerprint density at radius 1 is 0.808 bits per heavy atom. The highest BCUT2D eigenvalue weighted by atomic mass is 32.5. The third kappa shape index (κ3) is 15.4. The summed E-state index contributed by atoms with van der Waals surface area (Å²) in [5.74, 6) is -0.751. The van der Waals surface area contributed by atoms with Crippen LogP contribution in [0.3, 0.4) is 0 Å². The number of hydrogen-bond donors (Lipinski definition) is 0. The topological polar surface area (TPSA) is 9.23 Å². The lowest BCUT2D eigenvalue weighted by Crippen LogP contribution is -2.15. The van der Waals surface area contributed by atoms with E-state index >= 15 is 0 Å². The molecule has 1 unspecified atom stereocenters. The molecule has 0 bridgehead atoms. The highest BCUT2D eigenvalue weighted by Crippen LogP contribution is 2.98. The second-order valence-electron chi connectivity index (χ2n) is 6.76. The first-order valence-corrected chi connectivity index (χ1v) is 11.1. The fraction of sp³-hybridized carbons (Fsp3) is 0.684. The van der Waals surface area contributed by atoms with Gasteiger partial charge in [0.25, 0.3) is 0 Å². The third-order valence-corrected chi connectivity index (χ3v) is 4.48. The molecular weight excluding hydrogens is 371 g/mol. The predicted molar refractivity (Wildman–Crippen MR) is 102 cm³/mol. The number of hydrogen-bond acceptors (Lipinski definition) is 1. The van der Waals surface area contributed by atoms with Gasteiger partial charge in [-0.1, -0.05) is 115 Å². The molecule has 0 N–H and O–H groups in total. The van der Waals surface area contributed by atoms with Crippen LogP contribution in [0.5, 0.6) is 0 Å². The first kappa shape index (κ1) is 25.2. The molecule has 0 saturated heterocycles. The summed E-state index contributed by atoms with van der Waals surface area (Å²) in [4.78, 5) is 0. The molecule has 0 aliphatic carbocycles. The van der Waals surface area contributed by atoms with Crippen LogP contribution in [0, 0.1) is 6.92 Å². The largest absolute Gasteiger partial charge is 0.397 e. The molecule has 7 heteroatoms. The van der Waals surface area contributed by atoms with E-state index in [-0.39, 0.29) is 0 Å². The van der Waals surface area contributed by atoms with Gasteiger partial charge in [-0.05, 0) is 12.5 Å². The van der Waals surface area contributed by atoms with Crippen LogP contribution in [0.2, 0.25) is 0 Å². The molecule has 1 nitrogen and oxygen atoms in total. The quantitative estimate of drug-likeness (QED) is 0.279. The van der Waals surface area contributed by atoms with E-state index in [1.165, 1.54) is 51.9 Å².